The smallest absolute Gasteiger partial charge is 0.408 e. The number of aryl methyl sites for hydroxylation is 1. The van der Waals surface area contributed by atoms with Crippen molar-refractivity contribution < 1.29 is 4.42 Å². The highest BCUT2D eigenvalue weighted by Gasteiger charge is 2.14. The Kier molecular flexibility index (Phi) is 3.23. The van der Waals surface area contributed by atoms with Gasteiger partial charge >= 0.3 is 5.76 Å². The summed E-state index contributed by atoms with van der Waals surface area (Å²) in [5.74, 6) is -0.456. The fraction of sp³-hybridized carbons (Fsp3) is 0.133. The third-order valence-corrected chi connectivity index (χ3v) is 4.44. The second kappa shape index (κ2) is 4.92. The molecule has 1 unspecified atom stereocenters. The van der Waals surface area contributed by atoms with Crippen LogP contribution in [0.5, 0.6) is 0 Å². The first-order chi connectivity index (χ1) is 9.56. The number of nitrogens with two attached hydrogens (primary N) is 1. The van der Waals surface area contributed by atoms with Crippen LogP contribution in [0.25, 0.3) is 11.1 Å². The number of nitrogens with one attached hydrogen (secondary N) is 1. The molecule has 0 amide bonds. The molecule has 3 N–H and O–H groups in total. The summed E-state index contributed by atoms with van der Waals surface area (Å²) < 4.78 is 6.07. The number of hydrogen-bond acceptors (Lipinski definition) is 3. The molecule has 0 spiro atoms. The second-order valence-corrected chi connectivity index (χ2v) is 5.52. The summed E-state index contributed by atoms with van der Waals surface area (Å²) in [5, 5.41) is 0. The molecule has 0 bridgehead atoms. The molecule has 0 aliphatic carbocycles. The number of H-pyrrole nitrogens is 1. The zero-order chi connectivity index (χ0) is 14.3. The first-order valence-electron chi connectivity index (χ1n) is 6.19. The Bertz CT molecular complexity index is 835. The molecule has 4 nitrogen and oxygen atoms in total. The number of benzene rings is 2. The summed E-state index contributed by atoms with van der Waals surface area (Å²) in [7, 11) is 0. The summed E-state index contributed by atoms with van der Waals surface area (Å²) >= 11 is 3.57. The van der Waals surface area contributed by atoms with E-state index in [1.54, 1.807) is 12.1 Å². The first-order valence-corrected chi connectivity index (χ1v) is 6.99. The average molecular weight is 333 g/mol. The predicted octanol–water partition coefficient (Wildman–Crippen LogP) is 3.24. The summed E-state index contributed by atoms with van der Waals surface area (Å²) in [6, 6.07) is 11.2. The fourth-order valence-corrected chi connectivity index (χ4v) is 2.76. The molecular formula is C15H13BrN2O2. The standard InChI is InChI=1S/C15H13BrN2O2/c1-8-3-2-4-10(13(8)16)14(17)9-5-6-11-12(7-9)20-15(19)18-11/h2-7,14H,17H2,1H3,(H,18,19). The third kappa shape index (κ3) is 2.19. The Balaban J connectivity index is 2.09. The van der Waals surface area contributed by atoms with Gasteiger partial charge in [0.15, 0.2) is 5.58 Å². The van der Waals surface area contributed by atoms with Gasteiger partial charge in [0.2, 0.25) is 0 Å². The van der Waals surface area contributed by atoms with Crippen LogP contribution in [0, 0.1) is 6.92 Å². The van der Waals surface area contributed by atoms with Crippen LogP contribution in [0.4, 0.5) is 0 Å². The van der Waals surface area contributed by atoms with Crippen molar-refractivity contribution in [3.8, 4) is 0 Å². The number of fused-ring (bicyclic) bond motifs is 1. The summed E-state index contributed by atoms with van der Waals surface area (Å²) in [4.78, 5) is 13.8. The Labute approximate surface area is 123 Å². The van der Waals surface area contributed by atoms with Gasteiger partial charge < -0.3 is 10.2 Å². The molecule has 3 aromatic rings. The van der Waals surface area contributed by atoms with Crippen LogP contribution in [0.15, 0.2) is 50.1 Å². The molecule has 1 atom stereocenters. The topological polar surface area (TPSA) is 72.0 Å². The largest absolute Gasteiger partial charge is 0.417 e. The number of hydrogen-bond donors (Lipinski definition) is 2. The van der Waals surface area contributed by atoms with Crippen LogP contribution < -0.4 is 11.5 Å². The maximum absolute atomic E-state index is 11.2. The molecule has 0 radical (unpaired) electrons. The molecule has 1 aromatic heterocycles. The number of aromatic amines is 1. The van der Waals surface area contributed by atoms with Gasteiger partial charge in [0, 0.05) is 4.47 Å². The molecule has 5 heteroatoms. The maximum Gasteiger partial charge on any atom is 0.417 e. The van der Waals surface area contributed by atoms with Gasteiger partial charge in [-0.3, -0.25) is 4.98 Å². The van der Waals surface area contributed by atoms with E-state index in [0.717, 1.165) is 21.2 Å². The van der Waals surface area contributed by atoms with Gasteiger partial charge in [-0.2, -0.15) is 0 Å². The van der Waals surface area contributed by atoms with E-state index >= 15 is 0 Å². The molecule has 20 heavy (non-hydrogen) atoms. The highest BCUT2D eigenvalue weighted by Crippen LogP contribution is 2.30. The van der Waals surface area contributed by atoms with Crippen molar-refractivity contribution in [2.75, 3.05) is 0 Å². The van der Waals surface area contributed by atoms with E-state index in [2.05, 4.69) is 20.9 Å². The molecule has 102 valence electrons. The SMILES string of the molecule is Cc1cccc(C(N)c2ccc3[nH]c(=O)oc3c2)c1Br. The first kappa shape index (κ1) is 13.1. The lowest BCUT2D eigenvalue weighted by atomic mass is 9.98. The van der Waals surface area contributed by atoms with Gasteiger partial charge in [-0.15, -0.1) is 0 Å². The van der Waals surface area contributed by atoms with Crippen LogP contribution >= 0.6 is 15.9 Å². The minimum atomic E-state index is -0.456. The predicted molar refractivity (Wildman–Crippen MR) is 81.7 cm³/mol. The molecule has 2 aromatic carbocycles. The van der Waals surface area contributed by atoms with Crippen molar-refractivity contribution in [3.63, 3.8) is 0 Å². The van der Waals surface area contributed by atoms with Crippen LogP contribution in [-0.4, -0.2) is 4.98 Å². The molecular weight excluding hydrogens is 320 g/mol. The van der Waals surface area contributed by atoms with Crippen LogP contribution in [0.1, 0.15) is 22.7 Å². The number of halogens is 1. The number of rotatable bonds is 2. The van der Waals surface area contributed by atoms with Crippen molar-refractivity contribution in [3.05, 3.63) is 68.1 Å². The van der Waals surface area contributed by atoms with Gasteiger partial charge in [0.25, 0.3) is 0 Å². The van der Waals surface area contributed by atoms with Gasteiger partial charge in [-0.05, 0) is 35.7 Å². The Morgan fingerprint density at radius 1 is 1.30 bits per heavy atom. The minimum absolute atomic E-state index is 0.283. The molecule has 0 aliphatic rings. The zero-order valence-electron chi connectivity index (χ0n) is 10.8. The Morgan fingerprint density at radius 3 is 2.90 bits per heavy atom. The summed E-state index contributed by atoms with van der Waals surface area (Å²) in [6.45, 7) is 2.02. The van der Waals surface area contributed by atoms with E-state index in [4.69, 9.17) is 10.2 Å². The zero-order valence-corrected chi connectivity index (χ0v) is 12.4. The minimum Gasteiger partial charge on any atom is -0.408 e. The molecule has 0 saturated heterocycles. The van der Waals surface area contributed by atoms with Crippen LogP contribution in [0.2, 0.25) is 0 Å². The monoisotopic (exact) mass is 332 g/mol. The van der Waals surface area contributed by atoms with Gasteiger partial charge in [0.1, 0.15) is 0 Å². The number of aromatic nitrogens is 1. The molecule has 1 heterocycles. The summed E-state index contributed by atoms with van der Waals surface area (Å²) in [5.41, 5.74) is 10.5. The van der Waals surface area contributed by atoms with Crippen molar-refractivity contribution in [2.24, 2.45) is 5.73 Å². The average Bonchev–Trinajstić information content (AvgIpc) is 2.80. The second-order valence-electron chi connectivity index (χ2n) is 4.73. The van der Waals surface area contributed by atoms with E-state index in [-0.39, 0.29) is 6.04 Å². The Hall–Kier alpha value is -1.85. The quantitative estimate of drug-likeness (QED) is 0.756. The molecule has 0 saturated carbocycles. The maximum atomic E-state index is 11.2. The normalized spacial score (nSPS) is 12.8. The molecule has 3 rings (SSSR count). The molecule has 0 fully saturated rings. The fourth-order valence-electron chi connectivity index (χ4n) is 2.25. The lowest BCUT2D eigenvalue weighted by Crippen LogP contribution is -2.12. The molecule has 0 aliphatic heterocycles. The van der Waals surface area contributed by atoms with Crippen molar-refractivity contribution >= 4 is 27.0 Å². The lowest BCUT2D eigenvalue weighted by Gasteiger charge is -2.15. The van der Waals surface area contributed by atoms with E-state index in [0.29, 0.717) is 11.1 Å². The number of oxazole rings is 1. The van der Waals surface area contributed by atoms with Crippen LogP contribution in [-0.2, 0) is 0 Å². The van der Waals surface area contributed by atoms with E-state index in [1.165, 1.54) is 0 Å². The van der Waals surface area contributed by atoms with Crippen LogP contribution in [0.3, 0.4) is 0 Å². The highest BCUT2D eigenvalue weighted by molar-refractivity contribution is 9.10. The summed E-state index contributed by atoms with van der Waals surface area (Å²) in [6.07, 6.45) is 0. The van der Waals surface area contributed by atoms with Gasteiger partial charge in [-0.1, -0.05) is 40.2 Å². The highest BCUT2D eigenvalue weighted by atomic mass is 79.9. The van der Waals surface area contributed by atoms with Gasteiger partial charge in [-0.25, -0.2) is 4.79 Å². The van der Waals surface area contributed by atoms with E-state index in [1.807, 2.05) is 31.2 Å². The third-order valence-electron chi connectivity index (χ3n) is 3.36. The van der Waals surface area contributed by atoms with E-state index in [9.17, 15) is 4.79 Å². The van der Waals surface area contributed by atoms with E-state index < -0.39 is 5.76 Å². The Morgan fingerprint density at radius 2 is 2.10 bits per heavy atom. The van der Waals surface area contributed by atoms with Crippen molar-refractivity contribution in [1.82, 2.24) is 4.98 Å². The lowest BCUT2D eigenvalue weighted by molar-refractivity contribution is 0.555. The van der Waals surface area contributed by atoms with Crippen molar-refractivity contribution in [2.45, 2.75) is 13.0 Å². The van der Waals surface area contributed by atoms with Crippen molar-refractivity contribution in [1.29, 1.82) is 0 Å². The van der Waals surface area contributed by atoms with Gasteiger partial charge in [0.05, 0.1) is 11.6 Å².